The Balaban J connectivity index is 2.68. The van der Waals surface area contributed by atoms with Crippen LogP contribution < -0.4 is 5.73 Å². The van der Waals surface area contributed by atoms with Crippen molar-refractivity contribution in [1.82, 2.24) is 0 Å². The maximum atomic E-state index is 5.33. The molecule has 2 N–H and O–H groups in total. The molecule has 0 aliphatic heterocycles. The van der Waals surface area contributed by atoms with Crippen LogP contribution >= 0.6 is 0 Å². The summed E-state index contributed by atoms with van der Waals surface area (Å²) in [6.07, 6.45) is 1.31. The predicted octanol–water partition coefficient (Wildman–Crippen LogP) is -2.71. The zero-order valence-corrected chi connectivity index (χ0v) is 10.4. The first-order valence-corrected chi connectivity index (χ1v) is 13.0. The third-order valence-corrected chi connectivity index (χ3v) is 6.01. The number of hydrogen-bond acceptors (Lipinski definition) is 1. The van der Waals surface area contributed by atoms with Crippen molar-refractivity contribution in [2.75, 3.05) is 6.54 Å². The van der Waals surface area contributed by atoms with Gasteiger partial charge in [0.05, 0.1) is 0 Å². The molecule has 0 amide bonds. The molecule has 0 atom stereocenters. The van der Waals surface area contributed by atoms with E-state index in [4.69, 9.17) is 5.73 Å². The second kappa shape index (κ2) is 4.76. The third-order valence-electron chi connectivity index (χ3n) is 0.986. The molecular formula is C3H15NSi3. The van der Waals surface area contributed by atoms with Gasteiger partial charge in [-0.05, 0) is 32.5 Å². The van der Waals surface area contributed by atoms with Gasteiger partial charge < -0.3 is 5.73 Å². The van der Waals surface area contributed by atoms with Gasteiger partial charge in [0, 0.05) is 7.83 Å². The molecule has 7 heavy (non-hydrogen) atoms. The fourth-order valence-electron chi connectivity index (χ4n) is 0.526. The Bertz CT molecular complexity index is 39.2. The Morgan fingerprint density at radius 3 is 2.14 bits per heavy atom. The Morgan fingerprint density at radius 1 is 1.43 bits per heavy atom. The molecule has 0 rings (SSSR count). The van der Waals surface area contributed by atoms with Crippen molar-refractivity contribution in [1.29, 1.82) is 0 Å². The summed E-state index contributed by atoms with van der Waals surface area (Å²) >= 11 is 0. The summed E-state index contributed by atoms with van der Waals surface area (Å²) in [5.74, 6) is 0. The zero-order valence-electron chi connectivity index (χ0n) is 5.28. The fraction of sp³-hybridized carbons (Fsp3) is 1.00. The minimum atomic E-state index is 0.00961. The minimum absolute atomic E-state index is 0.00961. The lowest BCUT2D eigenvalue weighted by molar-refractivity contribution is 0.927. The molecule has 4 heteroatoms. The van der Waals surface area contributed by atoms with E-state index in [1.807, 2.05) is 0 Å². The highest BCUT2D eigenvalue weighted by Crippen LogP contribution is 1.86. The largest absolute Gasteiger partial charge is 0.330 e. The van der Waals surface area contributed by atoms with Crippen molar-refractivity contribution in [3.8, 4) is 0 Å². The van der Waals surface area contributed by atoms with Gasteiger partial charge in [0.2, 0.25) is 0 Å². The van der Waals surface area contributed by atoms with Crippen LogP contribution in [0.3, 0.4) is 0 Å². The summed E-state index contributed by atoms with van der Waals surface area (Å²) in [6, 6.07) is 1.54. The monoisotopic (exact) mass is 149 g/mol. The molecule has 1 nitrogen and oxygen atoms in total. The molecule has 0 spiro atoms. The standard InChI is InChI=1S/C3H15NSi3/c4-2-1-3-7(5)6/h7H,1-4H2,5-6H3. The SMILES string of the molecule is NCCC[SiH]([SiH3])[SiH3]. The van der Waals surface area contributed by atoms with Crippen molar-refractivity contribution < 1.29 is 0 Å². The van der Waals surface area contributed by atoms with Crippen molar-refractivity contribution in [3.63, 3.8) is 0 Å². The van der Waals surface area contributed by atoms with Crippen molar-refractivity contribution in [2.45, 2.75) is 12.5 Å². The van der Waals surface area contributed by atoms with Gasteiger partial charge in [-0.25, -0.2) is 0 Å². The third kappa shape index (κ3) is 6.61. The molecule has 0 aliphatic carbocycles. The van der Waals surface area contributed by atoms with Crippen LogP contribution in [-0.4, -0.2) is 33.9 Å². The zero-order chi connectivity index (χ0) is 5.70. The van der Waals surface area contributed by atoms with Gasteiger partial charge in [-0.3, -0.25) is 0 Å². The van der Waals surface area contributed by atoms with Crippen LogP contribution in [0.4, 0.5) is 0 Å². The van der Waals surface area contributed by atoms with Gasteiger partial charge in [-0.15, -0.1) is 0 Å². The van der Waals surface area contributed by atoms with E-state index in [1.165, 1.54) is 32.0 Å². The molecule has 0 heterocycles. The van der Waals surface area contributed by atoms with E-state index < -0.39 is 0 Å². The molecule has 0 fully saturated rings. The van der Waals surface area contributed by atoms with E-state index in [2.05, 4.69) is 0 Å². The van der Waals surface area contributed by atoms with Crippen LogP contribution in [0.5, 0.6) is 0 Å². The summed E-state index contributed by atoms with van der Waals surface area (Å²) in [5.41, 5.74) is 5.33. The van der Waals surface area contributed by atoms with Crippen LogP contribution in [0, 0.1) is 0 Å². The molecule has 0 unspecified atom stereocenters. The molecular weight excluding hydrogens is 134 g/mol. The molecule has 0 aromatic rings. The van der Waals surface area contributed by atoms with Crippen LogP contribution in [0.2, 0.25) is 6.04 Å². The van der Waals surface area contributed by atoms with Crippen LogP contribution in [0.1, 0.15) is 6.42 Å². The van der Waals surface area contributed by atoms with Gasteiger partial charge >= 0.3 is 0 Å². The van der Waals surface area contributed by atoms with Crippen molar-refractivity contribution in [2.24, 2.45) is 5.73 Å². The number of nitrogens with two attached hydrogens (primary N) is 1. The highest BCUT2D eigenvalue weighted by Gasteiger charge is 1.91. The number of hydrogen-bond donors (Lipinski definition) is 1. The summed E-state index contributed by atoms with van der Waals surface area (Å²) in [5, 5.41) is 0. The van der Waals surface area contributed by atoms with Gasteiger partial charge in [-0.1, -0.05) is 6.04 Å². The first-order chi connectivity index (χ1) is 3.27. The Hall–Kier alpha value is 0.611. The van der Waals surface area contributed by atoms with E-state index >= 15 is 0 Å². The van der Waals surface area contributed by atoms with E-state index in [9.17, 15) is 0 Å². The molecule has 0 radical (unpaired) electrons. The fourth-order valence-corrected chi connectivity index (χ4v) is 4.03. The summed E-state index contributed by atoms with van der Waals surface area (Å²) in [7, 11) is 3.07. The van der Waals surface area contributed by atoms with Gasteiger partial charge in [0.1, 0.15) is 0 Å². The predicted molar refractivity (Wildman–Crippen MR) is 45.5 cm³/mol. The molecule has 0 aromatic carbocycles. The van der Waals surface area contributed by atoms with Crippen LogP contribution in [0.25, 0.3) is 0 Å². The molecule has 0 aliphatic rings. The first-order valence-electron chi connectivity index (χ1n) is 2.97. The van der Waals surface area contributed by atoms with E-state index in [0.717, 1.165) is 6.54 Å². The highest BCUT2D eigenvalue weighted by atomic mass is 29.5. The topological polar surface area (TPSA) is 26.0 Å². The van der Waals surface area contributed by atoms with Crippen LogP contribution in [0.15, 0.2) is 0 Å². The van der Waals surface area contributed by atoms with Crippen molar-refractivity contribution in [3.05, 3.63) is 0 Å². The van der Waals surface area contributed by atoms with Crippen LogP contribution in [-0.2, 0) is 0 Å². The van der Waals surface area contributed by atoms with Crippen molar-refractivity contribution >= 4 is 27.4 Å². The van der Waals surface area contributed by atoms with Gasteiger partial charge in [0.15, 0.2) is 0 Å². The average Bonchev–Trinajstić information content (AvgIpc) is 1.61. The Morgan fingerprint density at radius 2 is 2.00 bits per heavy atom. The molecule has 0 saturated carbocycles. The number of rotatable bonds is 3. The maximum absolute atomic E-state index is 5.33. The average molecular weight is 149 g/mol. The lowest BCUT2D eigenvalue weighted by Crippen LogP contribution is -2.14. The first kappa shape index (κ1) is 7.61. The lowest BCUT2D eigenvalue weighted by Gasteiger charge is -1.96. The second-order valence-corrected chi connectivity index (χ2v) is 24.4. The Kier molecular flexibility index (Phi) is 5.18. The molecule has 44 valence electrons. The normalized spacial score (nSPS) is 15.0. The molecule has 0 saturated heterocycles. The summed E-state index contributed by atoms with van der Waals surface area (Å²) in [4.78, 5) is 0. The molecule has 0 bridgehead atoms. The smallest absolute Gasteiger partial charge is 0.00535 e. The summed E-state index contributed by atoms with van der Waals surface area (Å²) in [6.45, 7) is 0.925. The minimum Gasteiger partial charge on any atom is -0.330 e. The van der Waals surface area contributed by atoms with Gasteiger partial charge in [0.25, 0.3) is 0 Å². The lowest BCUT2D eigenvalue weighted by atomic mass is 10.5. The Labute approximate surface area is 52.7 Å². The maximum Gasteiger partial charge on any atom is 0.00535 e. The van der Waals surface area contributed by atoms with E-state index in [-0.39, 0.29) is 7.83 Å². The second-order valence-electron chi connectivity index (χ2n) is 2.32. The van der Waals surface area contributed by atoms with E-state index in [0.29, 0.717) is 0 Å². The van der Waals surface area contributed by atoms with Gasteiger partial charge in [-0.2, -0.15) is 0 Å². The van der Waals surface area contributed by atoms with E-state index in [1.54, 1.807) is 0 Å². The summed E-state index contributed by atoms with van der Waals surface area (Å²) < 4.78 is 0. The molecule has 0 aromatic heterocycles. The highest BCUT2D eigenvalue weighted by molar-refractivity contribution is 7.29. The quantitative estimate of drug-likeness (QED) is 0.434.